The first kappa shape index (κ1) is 18.9. The average Bonchev–Trinajstić information content (AvgIpc) is 3.00. The normalized spacial score (nSPS) is 22.4. The van der Waals surface area contributed by atoms with Crippen molar-refractivity contribution >= 4 is 17.8 Å². The summed E-state index contributed by atoms with van der Waals surface area (Å²) in [5.74, 6) is -0.309. The molecule has 0 aromatic heterocycles. The zero-order valence-corrected chi connectivity index (χ0v) is 16.8. The molecular weight excluding hydrogens is 378 g/mol. The maximum atomic E-state index is 12.9. The molecule has 2 aliphatic heterocycles. The fourth-order valence-corrected chi connectivity index (χ4v) is 4.96. The second-order valence-corrected chi connectivity index (χ2v) is 8.35. The summed E-state index contributed by atoms with van der Waals surface area (Å²) in [5, 5.41) is 3.10. The predicted octanol–water partition coefficient (Wildman–Crippen LogP) is 2.96. The number of imide groups is 1. The van der Waals surface area contributed by atoms with Gasteiger partial charge in [0.1, 0.15) is 6.04 Å². The van der Waals surface area contributed by atoms with Gasteiger partial charge in [0.05, 0.1) is 6.04 Å². The van der Waals surface area contributed by atoms with Crippen molar-refractivity contribution in [3.63, 3.8) is 0 Å². The minimum atomic E-state index is -0.444. The molecule has 30 heavy (non-hydrogen) atoms. The highest BCUT2D eigenvalue weighted by molar-refractivity contribution is 6.04. The lowest BCUT2D eigenvalue weighted by Crippen LogP contribution is -2.40. The van der Waals surface area contributed by atoms with Crippen LogP contribution in [0.15, 0.2) is 48.5 Å². The molecule has 2 atom stereocenters. The van der Waals surface area contributed by atoms with Gasteiger partial charge in [-0.1, -0.05) is 48.5 Å². The Morgan fingerprint density at radius 3 is 2.57 bits per heavy atom. The third kappa shape index (κ3) is 3.26. The Morgan fingerprint density at radius 1 is 1.00 bits per heavy atom. The topological polar surface area (TPSA) is 69.7 Å². The molecule has 0 spiro atoms. The Balaban J connectivity index is 1.22. The van der Waals surface area contributed by atoms with Gasteiger partial charge in [-0.05, 0) is 41.5 Å². The van der Waals surface area contributed by atoms with Gasteiger partial charge in [-0.3, -0.25) is 14.5 Å². The monoisotopic (exact) mass is 403 g/mol. The molecule has 6 nitrogen and oxygen atoms in total. The van der Waals surface area contributed by atoms with Crippen molar-refractivity contribution in [3.8, 4) is 0 Å². The molecule has 0 saturated carbocycles. The van der Waals surface area contributed by atoms with Crippen LogP contribution >= 0.6 is 0 Å². The van der Waals surface area contributed by atoms with Crippen LogP contribution in [0.2, 0.25) is 0 Å². The molecule has 5 rings (SSSR count). The van der Waals surface area contributed by atoms with Gasteiger partial charge < -0.3 is 10.2 Å². The maximum Gasteiger partial charge on any atom is 0.327 e. The molecule has 2 aromatic carbocycles. The van der Waals surface area contributed by atoms with Crippen LogP contribution in [0.4, 0.5) is 4.79 Å². The van der Waals surface area contributed by atoms with Crippen LogP contribution in [0.25, 0.3) is 0 Å². The van der Waals surface area contributed by atoms with Crippen molar-refractivity contribution in [1.82, 2.24) is 15.1 Å². The van der Waals surface area contributed by atoms with Crippen molar-refractivity contribution in [2.24, 2.45) is 0 Å². The zero-order valence-electron chi connectivity index (χ0n) is 16.8. The molecule has 1 aliphatic carbocycles. The molecule has 154 valence electrons. The number of carbonyl (C=O) groups is 3. The van der Waals surface area contributed by atoms with Crippen molar-refractivity contribution in [2.75, 3.05) is 6.54 Å². The number of fused-ring (bicyclic) bond motifs is 3. The van der Waals surface area contributed by atoms with Gasteiger partial charge in [-0.15, -0.1) is 0 Å². The molecule has 4 amide bonds. The number of carbonyl (C=O) groups excluding carboxylic acids is 3. The van der Waals surface area contributed by atoms with E-state index in [1.54, 1.807) is 4.90 Å². The number of hydrogen-bond acceptors (Lipinski definition) is 3. The summed E-state index contributed by atoms with van der Waals surface area (Å²) >= 11 is 0. The van der Waals surface area contributed by atoms with Crippen LogP contribution in [-0.2, 0) is 29.0 Å². The van der Waals surface area contributed by atoms with Gasteiger partial charge in [-0.2, -0.15) is 0 Å². The van der Waals surface area contributed by atoms with Gasteiger partial charge in [0.25, 0.3) is 5.91 Å². The van der Waals surface area contributed by atoms with E-state index in [9.17, 15) is 14.4 Å². The summed E-state index contributed by atoms with van der Waals surface area (Å²) in [6, 6.07) is 15.4. The Hall–Kier alpha value is -3.15. The molecule has 1 saturated heterocycles. The third-order valence-electron chi connectivity index (χ3n) is 6.54. The van der Waals surface area contributed by atoms with Gasteiger partial charge >= 0.3 is 6.03 Å². The first-order valence-corrected chi connectivity index (χ1v) is 10.7. The van der Waals surface area contributed by atoms with Gasteiger partial charge in [0.2, 0.25) is 5.91 Å². The van der Waals surface area contributed by atoms with Crippen LogP contribution in [0.5, 0.6) is 0 Å². The molecule has 2 heterocycles. The highest BCUT2D eigenvalue weighted by Crippen LogP contribution is 2.31. The Kier molecular flexibility index (Phi) is 4.77. The standard InChI is InChI=1S/C24H25N3O3/c28-22(25-20-11-5-9-16-6-3-4-10-19(16)20)12-13-26-23(29)21-14-17-7-1-2-8-18(17)15-27(21)24(26)30/h1-4,6-8,10,20-21H,5,9,11-15H2,(H,25,28)/t20?,21-/m0/s1. The maximum absolute atomic E-state index is 12.9. The molecule has 2 aromatic rings. The van der Waals surface area contributed by atoms with Crippen LogP contribution in [0.1, 0.15) is 47.6 Å². The second kappa shape index (κ2) is 7.59. The minimum absolute atomic E-state index is 0.00765. The lowest BCUT2D eigenvalue weighted by molar-refractivity contribution is -0.129. The van der Waals surface area contributed by atoms with E-state index in [0.717, 1.165) is 30.4 Å². The van der Waals surface area contributed by atoms with Crippen LogP contribution in [0, 0.1) is 0 Å². The van der Waals surface area contributed by atoms with E-state index in [0.29, 0.717) is 13.0 Å². The van der Waals surface area contributed by atoms with E-state index < -0.39 is 6.04 Å². The molecule has 3 aliphatic rings. The fourth-order valence-electron chi connectivity index (χ4n) is 4.96. The fraction of sp³-hybridized carbons (Fsp3) is 0.375. The number of amides is 4. The number of rotatable bonds is 4. The van der Waals surface area contributed by atoms with E-state index in [-0.39, 0.29) is 36.9 Å². The number of nitrogens with one attached hydrogen (secondary N) is 1. The van der Waals surface area contributed by atoms with E-state index in [4.69, 9.17) is 0 Å². The number of urea groups is 1. The van der Waals surface area contributed by atoms with Crippen molar-refractivity contribution in [2.45, 2.75) is 50.7 Å². The molecule has 6 heteroatoms. The Bertz CT molecular complexity index is 975. The largest absolute Gasteiger partial charge is 0.349 e. The van der Waals surface area contributed by atoms with E-state index in [2.05, 4.69) is 17.4 Å². The molecule has 0 radical (unpaired) electrons. The van der Waals surface area contributed by atoms with E-state index in [1.165, 1.54) is 16.0 Å². The molecule has 1 unspecified atom stereocenters. The Morgan fingerprint density at radius 2 is 1.73 bits per heavy atom. The Labute approximate surface area is 175 Å². The van der Waals surface area contributed by atoms with Crippen LogP contribution in [0.3, 0.4) is 0 Å². The number of nitrogens with zero attached hydrogens (tertiary/aromatic N) is 2. The van der Waals surface area contributed by atoms with Gasteiger partial charge in [0.15, 0.2) is 0 Å². The third-order valence-corrected chi connectivity index (χ3v) is 6.54. The molecule has 1 N–H and O–H groups in total. The van der Waals surface area contributed by atoms with Crippen molar-refractivity contribution in [3.05, 3.63) is 70.8 Å². The number of hydrogen-bond donors (Lipinski definition) is 1. The smallest absolute Gasteiger partial charge is 0.327 e. The van der Waals surface area contributed by atoms with Gasteiger partial charge in [-0.25, -0.2) is 4.79 Å². The van der Waals surface area contributed by atoms with E-state index in [1.807, 2.05) is 36.4 Å². The SMILES string of the molecule is O=C(CCN1C(=O)[C@@H]2Cc3ccccc3CN2C1=O)NC1CCCc2ccccc21. The average molecular weight is 403 g/mol. The van der Waals surface area contributed by atoms with Gasteiger partial charge in [0, 0.05) is 25.9 Å². The molecule has 1 fully saturated rings. The van der Waals surface area contributed by atoms with Crippen LogP contribution < -0.4 is 5.32 Å². The number of benzene rings is 2. The zero-order chi connectivity index (χ0) is 20.7. The summed E-state index contributed by atoms with van der Waals surface area (Å²) < 4.78 is 0. The first-order chi connectivity index (χ1) is 14.6. The molecule has 0 bridgehead atoms. The van der Waals surface area contributed by atoms with Crippen molar-refractivity contribution < 1.29 is 14.4 Å². The highest BCUT2D eigenvalue weighted by Gasteiger charge is 2.46. The number of aryl methyl sites for hydroxylation is 1. The molecular formula is C24H25N3O3. The summed E-state index contributed by atoms with van der Waals surface area (Å²) in [4.78, 5) is 41.2. The predicted molar refractivity (Wildman–Crippen MR) is 111 cm³/mol. The summed E-state index contributed by atoms with van der Waals surface area (Å²) in [6.45, 7) is 0.578. The quantitative estimate of drug-likeness (QED) is 0.798. The second-order valence-electron chi connectivity index (χ2n) is 8.35. The van der Waals surface area contributed by atoms with E-state index >= 15 is 0 Å². The summed E-state index contributed by atoms with van der Waals surface area (Å²) in [6.07, 6.45) is 3.67. The summed E-state index contributed by atoms with van der Waals surface area (Å²) in [7, 11) is 0. The van der Waals surface area contributed by atoms with Crippen LogP contribution in [-0.4, -0.2) is 40.2 Å². The lowest BCUT2D eigenvalue weighted by atomic mass is 9.87. The lowest BCUT2D eigenvalue weighted by Gasteiger charge is -2.28. The minimum Gasteiger partial charge on any atom is -0.349 e. The summed E-state index contributed by atoms with van der Waals surface area (Å²) in [5.41, 5.74) is 4.68. The highest BCUT2D eigenvalue weighted by atomic mass is 16.2. The first-order valence-electron chi connectivity index (χ1n) is 10.7. The van der Waals surface area contributed by atoms with Crippen molar-refractivity contribution in [1.29, 1.82) is 0 Å².